The number of aromatic nitrogens is 2. The predicted molar refractivity (Wildman–Crippen MR) is 51.6 cm³/mol. The molecule has 1 aromatic rings. The van der Waals surface area contributed by atoms with Gasteiger partial charge in [-0.3, -0.25) is 9.59 Å². The molecule has 0 spiro atoms. The monoisotopic (exact) mass is 192 g/mol. The van der Waals surface area contributed by atoms with E-state index in [0.717, 1.165) is 18.7 Å². The second-order valence-electron chi connectivity index (χ2n) is 3.70. The van der Waals surface area contributed by atoms with E-state index in [0.29, 0.717) is 17.9 Å². The highest BCUT2D eigenvalue weighted by molar-refractivity contribution is 5.75. The first-order valence-electron chi connectivity index (χ1n) is 4.78. The van der Waals surface area contributed by atoms with E-state index in [9.17, 15) is 9.59 Å². The number of aryl methyl sites for hydroxylation is 1. The zero-order chi connectivity index (χ0) is 10.1. The molecular formula is C10H12N2O2. The molecule has 0 unspecified atom stereocenters. The molecule has 14 heavy (non-hydrogen) atoms. The molecule has 1 heterocycles. The van der Waals surface area contributed by atoms with Crippen molar-refractivity contribution >= 4 is 6.29 Å². The quantitative estimate of drug-likeness (QED) is 0.715. The van der Waals surface area contributed by atoms with Crippen molar-refractivity contribution in [3.05, 3.63) is 27.4 Å². The number of aromatic amines is 1. The van der Waals surface area contributed by atoms with Crippen molar-refractivity contribution in [1.82, 2.24) is 9.97 Å². The number of hydrogen-bond acceptors (Lipinski definition) is 3. The van der Waals surface area contributed by atoms with Gasteiger partial charge in [-0.15, -0.1) is 0 Å². The van der Waals surface area contributed by atoms with Gasteiger partial charge in [-0.25, -0.2) is 4.98 Å². The molecule has 0 amide bonds. The maximum Gasteiger partial charge on any atom is 0.261 e. The van der Waals surface area contributed by atoms with Crippen molar-refractivity contribution in [3.63, 3.8) is 0 Å². The first kappa shape index (κ1) is 9.12. The molecule has 1 fully saturated rings. The number of carbonyl (C=O) groups excluding carboxylic acids is 1. The summed E-state index contributed by atoms with van der Waals surface area (Å²) in [6.07, 6.45) is 3.93. The van der Waals surface area contributed by atoms with E-state index in [4.69, 9.17) is 0 Å². The standard InChI is InChI=1S/C10H12N2O2/c1-6-8(5-13)10(14)12-9(11-6)7-3-2-4-7/h5,7H,2-4H2,1H3,(H,11,12,14). The van der Waals surface area contributed by atoms with Gasteiger partial charge in [0.15, 0.2) is 6.29 Å². The smallest absolute Gasteiger partial charge is 0.261 e. The summed E-state index contributed by atoms with van der Waals surface area (Å²) in [5, 5.41) is 0. The van der Waals surface area contributed by atoms with Gasteiger partial charge in [0.25, 0.3) is 5.56 Å². The van der Waals surface area contributed by atoms with Crippen LogP contribution in [-0.4, -0.2) is 16.3 Å². The third kappa shape index (κ3) is 1.36. The summed E-state index contributed by atoms with van der Waals surface area (Å²) in [6.45, 7) is 1.70. The van der Waals surface area contributed by atoms with Gasteiger partial charge < -0.3 is 4.98 Å². The molecular weight excluding hydrogens is 180 g/mol. The molecule has 0 aliphatic heterocycles. The molecule has 0 aromatic carbocycles. The van der Waals surface area contributed by atoms with Gasteiger partial charge in [0, 0.05) is 5.92 Å². The molecule has 74 valence electrons. The van der Waals surface area contributed by atoms with Crippen molar-refractivity contribution in [2.75, 3.05) is 0 Å². The molecule has 4 heteroatoms. The number of carbonyl (C=O) groups is 1. The van der Waals surface area contributed by atoms with E-state index in [2.05, 4.69) is 9.97 Å². The maximum atomic E-state index is 11.4. The number of aldehydes is 1. The van der Waals surface area contributed by atoms with Gasteiger partial charge in [0.2, 0.25) is 0 Å². The summed E-state index contributed by atoms with van der Waals surface area (Å²) in [7, 11) is 0. The van der Waals surface area contributed by atoms with Crippen LogP contribution in [0.4, 0.5) is 0 Å². The van der Waals surface area contributed by atoms with Crippen LogP contribution in [0, 0.1) is 6.92 Å². The topological polar surface area (TPSA) is 62.8 Å². The highest BCUT2D eigenvalue weighted by Gasteiger charge is 2.22. The van der Waals surface area contributed by atoms with E-state index >= 15 is 0 Å². The lowest BCUT2D eigenvalue weighted by molar-refractivity contribution is 0.112. The summed E-state index contributed by atoms with van der Waals surface area (Å²) in [6, 6.07) is 0. The molecule has 1 aliphatic rings. The van der Waals surface area contributed by atoms with Crippen LogP contribution in [0.1, 0.15) is 47.1 Å². The van der Waals surface area contributed by atoms with Crippen LogP contribution in [0.25, 0.3) is 0 Å². The van der Waals surface area contributed by atoms with Crippen molar-refractivity contribution in [2.45, 2.75) is 32.1 Å². The normalized spacial score (nSPS) is 16.4. The number of rotatable bonds is 2. The highest BCUT2D eigenvalue weighted by atomic mass is 16.1. The van der Waals surface area contributed by atoms with Gasteiger partial charge in [-0.2, -0.15) is 0 Å². The Morgan fingerprint density at radius 1 is 1.50 bits per heavy atom. The Hall–Kier alpha value is -1.45. The molecule has 1 aromatic heterocycles. The third-order valence-electron chi connectivity index (χ3n) is 2.77. The summed E-state index contributed by atoms with van der Waals surface area (Å²) in [5.74, 6) is 1.13. The minimum absolute atomic E-state index is 0.146. The minimum Gasteiger partial charge on any atom is -0.310 e. The number of nitrogens with one attached hydrogen (secondary N) is 1. The Labute approximate surface area is 81.4 Å². The number of hydrogen-bond donors (Lipinski definition) is 1. The van der Waals surface area contributed by atoms with E-state index in [1.807, 2.05) is 0 Å². The van der Waals surface area contributed by atoms with Crippen LogP contribution in [-0.2, 0) is 0 Å². The first-order chi connectivity index (χ1) is 6.72. The van der Waals surface area contributed by atoms with E-state index in [1.54, 1.807) is 6.92 Å². The van der Waals surface area contributed by atoms with Crippen molar-refractivity contribution in [1.29, 1.82) is 0 Å². The van der Waals surface area contributed by atoms with Crippen molar-refractivity contribution in [3.8, 4) is 0 Å². The zero-order valence-corrected chi connectivity index (χ0v) is 8.04. The van der Waals surface area contributed by atoms with Crippen molar-refractivity contribution < 1.29 is 4.79 Å². The Morgan fingerprint density at radius 2 is 2.21 bits per heavy atom. The summed E-state index contributed by atoms with van der Waals surface area (Å²) < 4.78 is 0. The van der Waals surface area contributed by atoms with E-state index < -0.39 is 0 Å². The Morgan fingerprint density at radius 3 is 2.64 bits per heavy atom. The molecule has 1 saturated carbocycles. The first-order valence-corrected chi connectivity index (χ1v) is 4.78. The summed E-state index contributed by atoms with van der Waals surface area (Å²) in [5.41, 5.74) is 0.369. The fourth-order valence-electron chi connectivity index (χ4n) is 1.63. The Kier molecular flexibility index (Phi) is 2.19. The fourth-order valence-corrected chi connectivity index (χ4v) is 1.63. The molecule has 0 saturated heterocycles. The summed E-state index contributed by atoms with van der Waals surface area (Å²) >= 11 is 0. The second kappa shape index (κ2) is 3.36. The summed E-state index contributed by atoms with van der Waals surface area (Å²) in [4.78, 5) is 28.9. The van der Waals surface area contributed by atoms with Gasteiger partial charge in [-0.05, 0) is 19.8 Å². The number of nitrogens with zero attached hydrogens (tertiary/aromatic N) is 1. The minimum atomic E-state index is -0.311. The van der Waals surface area contributed by atoms with E-state index in [-0.39, 0.29) is 11.1 Å². The van der Waals surface area contributed by atoms with E-state index in [1.165, 1.54) is 6.42 Å². The lowest BCUT2D eigenvalue weighted by Gasteiger charge is -2.24. The molecule has 0 radical (unpaired) electrons. The van der Waals surface area contributed by atoms with Gasteiger partial charge in [0.05, 0.1) is 5.69 Å². The van der Waals surface area contributed by atoms with Crippen LogP contribution >= 0.6 is 0 Å². The lowest BCUT2D eigenvalue weighted by atomic mass is 9.85. The Balaban J connectivity index is 2.45. The molecule has 0 bridgehead atoms. The second-order valence-corrected chi connectivity index (χ2v) is 3.70. The highest BCUT2D eigenvalue weighted by Crippen LogP contribution is 2.33. The number of H-pyrrole nitrogens is 1. The maximum absolute atomic E-state index is 11.4. The molecule has 1 aliphatic carbocycles. The van der Waals surface area contributed by atoms with Crippen molar-refractivity contribution in [2.24, 2.45) is 0 Å². The molecule has 4 nitrogen and oxygen atoms in total. The molecule has 2 rings (SSSR count). The Bertz CT molecular complexity index is 419. The predicted octanol–water partition coefficient (Wildman–Crippen LogP) is 1.16. The third-order valence-corrected chi connectivity index (χ3v) is 2.77. The fraction of sp³-hybridized carbons (Fsp3) is 0.500. The van der Waals surface area contributed by atoms with Crippen LogP contribution in [0.5, 0.6) is 0 Å². The van der Waals surface area contributed by atoms with Crippen LogP contribution < -0.4 is 5.56 Å². The average Bonchev–Trinajstić information content (AvgIpc) is 2.00. The largest absolute Gasteiger partial charge is 0.310 e. The average molecular weight is 192 g/mol. The SMILES string of the molecule is Cc1nc(C2CCC2)[nH]c(=O)c1C=O. The van der Waals surface area contributed by atoms with Crippen LogP contribution in [0.15, 0.2) is 4.79 Å². The molecule has 1 N–H and O–H groups in total. The molecule has 0 atom stereocenters. The van der Waals surface area contributed by atoms with Gasteiger partial charge in [0.1, 0.15) is 11.4 Å². The van der Waals surface area contributed by atoms with Gasteiger partial charge >= 0.3 is 0 Å². The van der Waals surface area contributed by atoms with Crippen LogP contribution in [0.3, 0.4) is 0 Å². The zero-order valence-electron chi connectivity index (χ0n) is 8.04. The van der Waals surface area contributed by atoms with Crippen LogP contribution in [0.2, 0.25) is 0 Å². The lowest BCUT2D eigenvalue weighted by Crippen LogP contribution is -2.22. The van der Waals surface area contributed by atoms with Gasteiger partial charge in [-0.1, -0.05) is 6.42 Å².